The van der Waals surface area contributed by atoms with Gasteiger partial charge in [0.2, 0.25) is 5.95 Å². The first-order valence-corrected chi connectivity index (χ1v) is 10.5. The van der Waals surface area contributed by atoms with Crippen LogP contribution in [0.15, 0.2) is 29.4 Å². The summed E-state index contributed by atoms with van der Waals surface area (Å²) < 4.78 is 27.6. The topological polar surface area (TPSA) is 99.5 Å². The van der Waals surface area contributed by atoms with Gasteiger partial charge in [0.1, 0.15) is 23.2 Å². The summed E-state index contributed by atoms with van der Waals surface area (Å²) in [6.45, 7) is 3.98. The molecule has 7 nitrogen and oxygen atoms in total. The van der Waals surface area contributed by atoms with Crippen LogP contribution in [0.5, 0.6) is 0 Å². The SMILES string of the molecule is CC(C)Nc1ncc2c(n1)C([C@H]1CC[C@@H](C(=O)O)CC1)C(Nc1ccc(F)cc1F)=N2. The fourth-order valence-corrected chi connectivity index (χ4v) is 4.34. The van der Waals surface area contributed by atoms with E-state index in [0.717, 1.165) is 11.8 Å². The first-order chi connectivity index (χ1) is 14.8. The van der Waals surface area contributed by atoms with E-state index in [4.69, 9.17) is 0 Å². The second-order valence-corrected chi connectivity index (χ2v) is 8.44. The number of carboxylic acids is 1. The molecule has 0 saturated heterocycles. The van der Waals surface area contributed by atoms with Gasteiger partial charge in [-0.15, -0.1) is 0 Å². The second-order valence-electron chi connectivity index (χ2n) is 8.44. The number of fused-ring (bicyclic) bond motifs is 1. The number of nitrogens with one attached hydrogen (secondary N) is 2. The van der Waals surface area contributed by atoms with E-state index in [-0.39, 0.29) is 29.5 Å². The monoisotopic (exact) mass is 429 g/mol. The largest absolute Gasteiger partial charge is 0.481 e. The van der Waals surface area contributed by atoms with Crippen molar-refractivity contribution in [1.29, 1.82) is 0 Å². The maximum Gasteiger partial charge on any atom is 0.306 e. The van der Waals surface area contributed by atoms with Crippen LogP contribution in [-0.4, -0.2) is 32.9 Å². The van der Waals surface area contributed by atoms with Gasteiger partial charge in [0, 0.05) is 12.1 Å². The van der Waals surface area contributed by atoms with Crippen LogP contribution in [0.4, 0.5) is 26.1 Å². The molecule has 1 unspecified atom stereocenters. The lowest BCUT2D eigenvalue weighted by atomic mass is 9.74. The van der Waals surface area contributed by atoms with E-state index in [1.165, 1.54) is 12.1 Å². The molecule has 0 amide bonds. The zero-order valence-electron chi connectivity index (χ0n) is 17.4. The number of aromatic nitrogens is 2. The summed E-state index contributed by atoms with van der Waals surface area (Å²) in [6, 6.07) is 3.50. The molecule has 0 radical (unpaired) electrons. The number of amidine groups is 1. The number of rotatable bonds is 5. The number of hydrogen-bond donors (Lipinski definition) is 3. The summed E-state index contributed by atoms with van der Waals surface area (Å²) in [5, 5.41) is 15.5. The normalized spacial score (nSPS) is 22.7. The Kier molecular flexibility index (Phi) is 5.84. The van der Waals surface area contributed by atoms with E-state index in [1.54, 1.807) is 6.20 Å². The van der Waals surface area contributed by atoms with E-state index in [0.29, 0.717) is 43.2 Å². The first kappa shape index (κ1) is 21.1. The predicted molar refractivity (Wildman–Crippen MR) is 114 cm³/mol. The summed E-state index contributed by atoms with van der Waals surface area (Å²) in [5.74, 6) is -1.60. The van der Waals surface area contributed by atoms with Crippen LogP contribution < -0.4 is 10.6 Å². The molecule has 0 bridgehead atoms. The van der Waals surface area contributed by atoms with Crippen LogP contribution in [0, 0.1) is 23.5 Å². The van der Waals surface area contributed by atoms with Crippen molar-refractivity contribution in [3.8, 4) is 0 Å². The molecule has 1 saturated carbocycles. The molecule has 1 atom stereocenters. The number of anilines is 2. The molecule has 2 heterocycles. The Balaban J connectivity index is 1.65. The minimum atomic E-state index is -0.767. The number of nitrogens with zero attached hydrogens (tertiary/aromatic N) is 3. The fraction of sp³-hybridized carbons (Fsp3) is 0.455. The minimum absolute atomic E-state index is 0.105. The molecular weight excluding hydrogens is 404 g/mol. The third-order valence-electron chi connectivity index (χ3n) is 5.83. The number of benzene rings is 1. The van der Waals surface area contributed by atoms with Crippen LogP contribution in [0.1, 0.15) is 51.1 Å². The molecule has 1 fully saturated rings. The van der Waals surface area contributed by atoms with Gasteiger partial charge in [-0.05, 0) is 57.6 Å². The highest BCUT2D eigenvalue weighted by molar-refractivity contribution is 6.05. The number of halogens is 2. The van der Waals surface area contributed by atoms with Gasteiger partial charge in [-0.2, -0.15) is 0 Å². The van der Waals surface area contributed by atoms with Crippen LogP contribution in [-0.2, 0) is 4.79 Å². The minimum Gasteiger partial charge on any atom is -0.481 e. The first-order valence-electron chi connectivity index (χ1n) is 10.5. The lowest BCUT2D eigenvalue weighted by Crippen LogP contribution is -2.31. The lowest BCUT2D eigenvalue weighted by Gasteiger charge is -2.31. The van der Waals surface area contributed by atoms with Gasteiger partial charge in [-0.3, -0.25) is 4.79 Å². The standard InChI is InChI=1S/C22H25F2N5O2/c1-11(2)26-22-25-10-17-19(29-22)18(12-3-5-13(6-4-12)21(30)31)20(28-17)27-16-8-7-14(23)9-15(16)24/h7-13,18H,3-6H2,1-2H3,(H,27,28)(H,30,31)(H,25,26,29)/t12-,13+,18?. The molecule has 2 aliphatic rings. The van der Waals surface area contributed by atoms with E-state index in [2.05, 4.69) is 25.6 Å². The van der Waals surface area contributed by atoms with Gasteiger partial charge in [-0.1, -0.05) is 0 Å². The Hall–Kier alpha value is -3.10. The van der Waals surface area contributed by atoms with Crippen molar-refractivity contribution in [3.63, 3.8) is 0 Å². The number of carboxylic acid groups (broad SMARTS) is 1. The number of hydrogen-bond acceptors (Lipinski definition) is 6. The Morgan fingerprint density at radius 1 is 1.19 bits per heavy atom. The highest BCUT2D eigenvalue weighted by Crippen LogP contribution is 2.45. The zero-order chi connectivity index (χ0) is 22.1. The number of aliphatic carboxylic acids is 1. The average molecular weight is 429 g/mol. The van der Waals surface area contributed by atoms with Crippen molar-refractivity contribution in [2.75, 3.05) is 10.6 Å². The van der Waals surface area contributed by atoms with Gasteiger partial charge in [-0.25, -0.2) is 23.7 Å². The van der Waals surface area contributed by atoms with E-state index < -0.39 is 17.6 Å². The van der Waals surface area contributed by atoms with Gasteiger partial charge >= 0.3 is 5.97 Å². The molecule has 164 valence electrons. The second kappa shape index (κ2) is 8.56. The molecule has 1 aliphatic carbocycles. The van der Waals surface area contributed by atoms with Gasteiger partial charge in [0.15, 0.2) is 0 Å². The highest BCUT2D eigenvalue weighted by atomic mass is 19.1. The van der Waals surface area contributed by atoms with Crippen molar-refractivity contribution in [2.24, 2.45) is 16.8 Å². The summed E-state index contributed by atoms with van der Waals surface area (Å²) >= 11 is 0. The van der Waals surface area contributed by atoms with Gasteiger partial charge in [0.05, 0.1) is 29.4 Å². The molecule has 1 aromatic heterocycles. The van der Waals surface area contributed by atoms with E-state index in [1.807, 2.05) is 13.8 Å². The predicted octanol–water partition coefficient (Wildman–Crippen LogP) is 4.71. The maximum atomic E-state index is 14.3. The van der Waals surface area contributed by atoms with Crippen molar-refractivity contribution in [3.05, 3.63) is 41.7 Å². The molecule has 0 spiro atoms. The summed E-state index contributed by atoms with van der Waals surface area (Å²) in [5.41, 5.74) is 1.47. The molecule has 1 aliphatic heterocycles. The van der Waals surface area contributed by atoms with Gasteiger partial charge < -0.3 is 15.7 Å². The Morgan fingerprint density at radius 2 is 1.94 bits per heavy atom. The molecule has 1 aromatic carbocycles. The Bertz CT molecular complexity index is 1020. The van der Waals surface area contributed by atoms with Crippen molar-refractivity contribution < 1.29 is 18.7 Å². The Morgan fingerprint density at radius 3 is 2.58 bits per heavy atom. The molecule has 3 N–H and O–H groups in total. The molecular formula is C22H25F2N5O2. The molecule has 2 aromatic rings. The van der Waals surface area contributed by atoms with Crippen LogP contribution in [0.2, 0.25) is 0 Å². The van der Waals surface area contributed by atoms with Crippen molar-refractivity contribution in [2.45, 2.75) is 51.5 Å². The smallest absolute Gasteiger partial charge is 0.306 e. The third-order valence-corrected chi connectivity index (χ3v) is 5.83. The number of aliphatic imine (C=N–C) groups is 1. The maximum absolute atomic E-state index is 14.3. The highest BCUT2D eigenvalue weighted by Gasteiger charge is 2.39. The summed E-state index contributed by atoms with van der Waals surface area (Å²) in [6.07, 6.45) is 4.19. The Labute approximate surface area is 179 Å². The molecule has 4 rings (SSSR count). The number of carbonyl (C=O) groups is 1. The fourth-order valence-electron chi connectivity index (χ4n) is 4.34. The third kappa shape index (κ3) is 4.50. The van der Waals surface area contributed by atoms with E-state index in [9.17, 15) is 18.7 Å². The van der Waals surface area contributed by atoms with Gasteiger partial charge in [0.25, 0.3) is 0 Å². The average Bonchev–Trinajstić information content (AvgIpc) is 3.07. The van der Waals surface area contributed by atoms with Crippen molar-refractivity contribution >= 4 is 29.1 Å². The molecule has 9 heteroatoms. The lowest BCUT2D eigenvalue weighted by molar-refractivity contribution is -0.143. The zero-order valence-corrected chi connectivity index (χ0v) is 17.4. The van der Waals surface area contributed by atoms with E-state index >= 15 is 0 Å². The van der Waals surface area contributed by atoms with Crippen LogP contribution in [0.3, 0.4) is 0 Å². The van der Waals surface area contributed by atoms with Crippen molar-refractivity contribution in [1.82, 2.24) is 9.97 Å². The van der Waals surface area contributed by atoms with Crippen LogP contribution in [0.25, 0.3) is 0 Å². The molecule has 31 heavy (non-hydrogen) atoms. The summed E-state index contributed by atoms with van der Waals surface area (Å²) in [7, 11) is 0. The summed E-state index contributed by atoms with van der Waals surface area (Å²) in [4.78, 5) is 25.0. The quantitative estimate of drug-likeness (QED) is 0.637. The van der Waals surface area contributed by atoms with Crippen LogP contribution >= 0.6 is 0 Å².